The Kier molecular flexibility index (Phi) is 6.59. The highest BCUT2D eigenvalue weighted by Gasteiger charge is 2.65. The molecule has 7 atom stereocenters. The van der Waals surface area contributed by atoms with Gasteiger partial charge >= 0.3 is 0 Å². The molecule has 4 aliphatic rings. The van der Waals surface area contributed by atoms with Gasteiger partial charge in [-0.05, 0) is 104 Å². The molecule has 4 nitrogen and oxygen atoms in total. The molecule has 4 aliphatic carbocycles. The molecular weight excluding hydrogens is 484 g/mol. The van der Waals surface area contributed by atoms with E-state index >= 15 is 0 Å². The molecule has 0 spiro atoms. The summed E-state index contributed by atoms with van der Waals surface area (Å²) in [5.74, 6) is 1.22. The Morgan fingerprint density at radius 2 is 1.64 bits per heavy atom. The Morgan fingerprint density at radius 1 is 0.923 bits per heavy atom. The van der Waals surface area contributed by atoms with Crippen LogP contribution in [-0.4, -0.2) is 21.8 Å². The Labute approximate surface area is 233 Å². The molecule has 4 heteroatoms. The normalized spacial score (nSPS) is 39.3. The monoisotopic (exact) mass is 528 g/mol. The maximum absolute atomic E-state index is 13.5. The van der Waals surface area contributed by atoms with Gasteiger partial charge in [0.1, 0.15) is 11.5 Å². The minimum atomic E-state index is -1.15. The number of ether oxygens (including phenoxy) is 1. The number of hydrogen-bond donors (Lipinski definition) is 2. The van der Waals surface area contributed by atoms with Crippen molar-refractivity contribution in [2.45, 2.75) is 91.0 Å². The van der Waals surface area contributed by atoms with E-state index in [0.717, 1.165) is 50.5 Å². The van der Waals surface area contributed by atoms with Crippen molar-refractivity contribution in [3.05, 3.63) is 77.4 Å². The van der Waals surface area contributed by atoms with E-state index in [1.165, 1.54) is 11.1 Å². The summed E-state index contributed by atoms with van der Waals surface area (Å²) in [7, 11) is 0. The van der Waals surface area contributed by atoms with Crippen molar-refractivity contribution in [1.82, 2.24) is 0 Å². The summed E-state index contributed by atoms with van der Waals surface area (Å²) in [6.07, 6.45) is 10.9. The number of hydrogen-bond acceptors (Lipinski definition) is 4. The second-order valence-electron chi connectivity index (χ2n) is 13.6. The SMILES string of the molecule is CC(=O)[C@@]1(Cc2ccccc2)CC[C@H]2[C@@H]3CC=C4CC(O)(OCc5ccc(O)cc5)CC[C@]4(C)[C@H]3CC[C@@]21C. The predicted molar refractivity (Wildman–Crippen MR) is 153 cm³/mol. The van der Waals surface area contributed by atoms with Crippen molar-refractivity contribution in [3.63, 3.8) is 0 Å². The molecule has 0 aromatic heterocycles. The summed E-state index contributed by atoms with van der Waals surface area (Å²) in [4.78, 5) is 13.5. The summed E-state index contributed by atoms with van der Waals surface area (Å²) < 4.78 is 6.12. The van der Waals surface area contributed by atoms with Crippen molar-refractivity contribution in [2.75, 3.05) is 0 Å². The number of carbonyl (C=O) groups is 1. The van der Waals surface area contributed by atoms with Gasteiger partial charge < -0.3 is 14.9 Å². The number of allylic oxidation sites excluding steroid dienone is 1. The van der Waals surface area contributed by atoms with E-state index < -0.39 is 5.79 Å². The first kappa shape index (κ1) is 26.8. The van der Waals surface area contributed by atoms with Crippen LogP contribution in [0.25, 0.3) is 0 Å². The zero-order valence-electron chi connectivity index (χ0n) is 23.8. The van der Waals surface area contributed by atoms with Gasteiger partial charge in [0.05, 0.1) is 6.61 Å². The van der Waals surface area contributed by atoms with Crippen LogP contribution in [0, 0.1) is 34.0 Å². The van der Waals surface area contributed by atoms with Crippen molar-refractivity contribution in [1.29, 1.82) is 0 Å². The molecule has 2 aromatic rings. The third-order valence-electron chi connectivity index (χ3n) is 12.0. The minimum Gasteiger partial charge on any atom is -0.508 e. The molecule has 3 fully saturated rings. The minimum absolute atomic E-state index is 0.0280. The predicted octanol–water partition coefficient (Wildman–Crippen LogP) is 7.38. The molecule has 2 aromatic carbocycles. The summed E-state index contributed by atoms with van der Waals surface area (Å²) >= 11 is 0. The van der Waals surface area contributed by atoms with Crippen molar-refractivity contribution in [2.24, 2.45) is 34.0 Å². The molecule has 0 heterocycles. The Hall–Kier alpha value is -2.43. The molecule has 0 aliphatic heterocycles. The zero-order valence-corrected chi connectivity index (χ0v) is 23.8. The van der Waals surface area contributed by atoms with Crippen LogP contribution in [0.5, 0.6) is 5.75 Å². The largest absolute Gasteiger partial charge is 0.508 e. The van der Waals surface area contributed by atoms with Gasteiger partial charge in [0.15, 0.2) is 5.79 Å². The fraction of sp³-hybridized carbons (Fsp3) is 0.571. The van der Waals surface area contributed by atoms with Gasteiger partial charge in [0.2, 0.25) is 0 Å². The summed E-state index contributed by atoms with van der Waals surface area (Å²) in [6, 6.07) is 17.6. The summed E-state index contributed by atoms with van der Waals surface area (Å²) in [6.45, 7) is 7.07. The number of ketones is 1. The van der Waals surface area contributed by atoms with E-state index in [9.17, 15) is 15.0 Å². The fourth-order valence-corrected chi connectivity index (χ4v) is 9.62. The van der Waals surface area contributed by atoms with E-state index in [1.54, 1.807) is 12.1 Å². The Balaban J connectivity index is 1.22. The molecule has 0 bridgehead atoms. The van der Waals surface area contributed by atoms with Crippen LogP contribution in [0.4, 0.5) is 0 Å². The lowest BCUT2D eigenvalue weighted by Gasteiger charge is -2.60. The first-order valence-electron chi connectivity index (χ1n) is 15.0. The smallest absolute Gasteiger partial charge is 0.169 e. The fourth-order valence-electron chi connectivity index (χ4n) is 9.62. The molecule has 0 saturated heterocycles. The van der Waals surface area contributed by atoms with Crippen molar-refractivity contribution < 1.29 is 19.7 Å². The summed E-state index contributed by atoms with van der Waals surface area (Å²) in [5, 5.41) is 21.0. The number of phenols is 1. The first-order valence-corrected chi connectivity index (χ1v) is 15.0. The van der Waals surface area contributed by atoms with E-state index in [0.29, 0.717) is 43.0 Å². The number of carbonyl (C=O) groups excluding carboxylic acids is 1. The van der Waals surface area contributed by atoms with Gasteiger partial charge in [-0.15, -0.1) is 0 Å². The van der Waals surface area contributed by atoms with Crippen LogP contribution in [0.15, 0.2) is 66.2 Å². The van der Waals surface area contributed by atoms with Crippen LogP contribution in [0.3, 0.4) is 0 Å². The number of phenolic OH excluding ortho intramolecular Hbond substituents is 1. The van der Waals surface area contributed by atoms with Crippen LogP contribution < -0.4 is 0 Å². The molecule has 3 saturated carbocycles. The van der Waals surface area contributed by atoms with Crippen LogP contribution in [0.1, 0.15) is 83.3 Å². The number of aliphatic hydroxyl groups is 1. The van der Waals surface area contributed by atoms with Gasteiger partial charge in [-0.1, -0.05) is 68.0 Å². The van der Waals surface area contributed by atoms with Gasteiger partial charge in [-0.3, -0.25) is 4.79 Å². The van der Waals surface area contributed by atoms with E-state index in [1.807, 2.05) is 19.1 Å². The van der Waals surface area contributed by atoms with Crippen LogP contribution >= 0.6 is 0 Å². The van der Waals surface area contributed by atoms with Crippen molar-refractivity contribution in [3.8, 4) is 5.75 Å². The Morgan fingerprint density at radius 3 is 2.36 bits per heavy atom. The van der Waals surface area contributed by atoms with Gasteiger partial charge in [-0.25, -0.2) is 0 Å². The van der Waals surface area contributed by atoms with E-state index in [2.05, 4.69) is 50.3 Å². The lowest BCUT2D eigenvalue weighted by atomic mass is 9.44. The molecule has 0 radical (unpaired) electrons. The van der Waals surface area contributed by atoms with E-state index in [-0.39, 0.29) is 22.0 Å². The lowest BCUT2D eigenvalue weighted by molar-refractivity contribution is -0.231. The second-order valence-corrected chi connectivity index (χ2v) is 13.6. The highest BCUT2D eigenvalue weighted by atomic mass is 16.6. The number of fused-ring (bicyclic) bond motifs is 5. The maximum atomic E-state index is 13.5. The molecule has 39 heavy (non-hydrogen) atoms. The molecule has 1 unspecified atom stereocenters. The number of Topliss-reactive ketones (excluding diaryl/α,β-unsaturated/α-hetero) is 1. The lowest BCUT2D eigenvalue weighted by Crippen LogP contribution is -2.55. The summed E-state index contributed by atoms with van der Waals surface area (Å²) in [5.41, 5.74) is 3.44. The molecule has 0 amide bonds. The topological polar surface area (TPSA) is 66.8 Å². The van der Waals surface area contributed by atoms with Crippen LogP contribution in [0.2, 0.25) is 0 Å². The van der Waals surface area contributed by atoms with Crippen LogP contribution in [-0.2, 0) is 22.6 Å². The van der Waals surface area contributed by atoms with E-state index in [4.69, 9.17) is 4.74 Å². The average Bonchev–Trinajstić information content (AvgIpc) is 3.23. The first-order chi connectivity index (χ1) is 18.6. The van der Waals surface area contributed by atoms with Gasteiger partial charge in [0.25, 0.3) is 0 Å². The average molecular weight is 529 g/mol. The van der Waals surface area contributed by atoms with Gasteiger partial charge in [0, 0.05) is 18.3 Å². The highest BCUT2D eigenvalue weighted by molar-refractivity contribution is 5.84. The molecule has 6 rings (SSSR count). The Bertz CT molecular complexity index is 1250. The zero-order chi connectivity index (χ0) is 27.5. The standard InChI is InChI=1S/C35H44O4/c1-24(36)34(21-25-7-5-4-6-8-25)18-16-31-29-14-11-27-22-35(38,39-23-26-9-12-28(37)13-10-26)20-19-32(27,2)30(29)15-17-33(31,34)3/h4-13,29-31,37-38H,14-23H2,1-3H3/t29-,30+,31+,32+,33+,34+,35?/m1/s1. The number of aromatic hydroxyl groups is 1. The van der Waals surface area contributed by atoms with Crippen molar-refractivity contribution >= 4 is 5.78 Å². The third-order valence-corrected chi connectivity index (χ3v) is 12.0. The molecular formula is C35H44O4. The van der Waals surface area contributed by atoms with Gasteiger partial charge in [-0.2, -0.15) is 0 Å². The highest BCUT2D eigenvalue weighted by Crippen LogP contribution is 2.70. The second kappa shape index (κ2) is 9.59. The number of rotatable bonds is 6. The molecule has 2 N–H and O–H groups in total. The maximum Gasteiger partial charge on any atom is 0.169 e. The quantitative estimate of drug-likeness (QED) is 0.303. The number of benzene rings is 2. The molecule has 208 valence electrons. The third kappa shape index (κ3) is 4.30.